The number of alkyl halides is 3. The molecule has 0 radical (unpaired) electrons. The van der Waals surface area contributed by atoms with Gasteiger partial charge in [-0.3, -0.25) is 10.1 Å². The molecule has 0 amide bonds. The third kappa shape index (κ3) is 2.19. The highest BCUT2D eigenvalue weighted by atomic mass is 19.4. The smallest absolute Gasteiger partial charge is 0.397 e. The summed E-state index contributed by atoms with van der Waals surface area (Å²) in [6.07, 6.45) is -4.47. The number of hydrogen-bond acceptors (Lipinski definition) is 3. The first-order chi connectivity index (χ1) is 10.3. The summed E-state index contributed by atoms with van der Waals surface area (Å²) in [5, 5.41) is 12.0. The van der Waals surface area contributed by atoms with Gasteiger partial charge in [0, 0.05) is 23.1 Å². The fourth-order valence-corrected chi connectivity index (χ4v) is 2.87. The molecule has 1 aliphatic rings. The first-order valence-corrected chi connectivity index (χ1v) is 6.55. The van der Waals surface area contributed by atoms with Gasteiger partial charge in [0.05, 0.1) is 13.0 Å². The highest BCUT2D eigenvalue weighted by Gasteiger charge is 2.47. The van der Waals surface area contributed by atoms with Crippen LogP contribution in [0.25, 0.3) is 10.9 Å². The van der Waals surface area contributed by atoms with Crippen molar-refractivity contribution in [2.45, 2.75) is 18.1 Å². The van der Waals surface area contributed by atoms with Crippen molar-refractivity contribution in [3.63, 3.8) is 0 Å². The number of aromatic amines is 1. The minimum atomic E-state index is -4.47. The summed E-state index contributed by atoms with van der Waals surface area (Å²) < 4.78 is 45.0. The topological polar surface area (TPSA) is 74.3 Å². The van der Waals surface area contributed by atoms with Gasteiger partial charge in [0.1, 0.15) is 11.8 Å². The van der Waals surface area contributed by atoms with Crippen LogP contribution in [0.1, 0.15) is 23.2 Å². The highest BCUT2D eigenvalue weighted by molar-refractivity contribution is 5.90. The van der Waals surface area contributed by atoms with Gasteiger partial charge in [-0.1, -0.05) is 0 Å². The van der Waals surface area contributed by atoms with E-state index in [0.29, 0.717) is 16.7 Å². The normalized spacial score (nSPS) is 21.6. The molecule has 0 fully saturated rings. The van der Waals surface area contributed by atoms with Gasteiger partial charge in [-0.05, 0) is 23.8 Å². The molecule has 118 valence electrons. The molecule has 1 aromatic carbocycles. The average Bonchev–Trinajstić information content (AvgIpc) is 2.83. The summed E-state index contributed by atoms with van der Waals surface area (Å²) in [7, 11) is 1.42. The lowest BCUT2D eigenvalue weighted by Gasteiger charge is -2.29. The van der Waals surface area contributed by atoms with E-state index in [0.717, 1.165) is 0 Å². The minimum Gasteiger partial charge on any atom is -0.497 e. The molecule has 3 rings (SSSR count). The summed E-state index contributed by atoms with van der Waals surface area (Å²) in [5.74, 6) is -2.57. The maximum Gasteiger partial charge on any atom is 0.397 e. The number of H-pyrrole nitrogens is 1. The SMILES string of the molecule is COc1ccc2[nH]c3c(c2c1)C(C(F)(F)F)CNC3C(=O)O. The lowest BCUT2D eigenvalue weighted by atomic mass is 9.89. The van der Waals surface area contributed by atoms with Crippen LogP contribution in [0.3, 0.4) is 0 Å². The number of methoxy groups -OCH3 is 1. The fraction of sp³-hybridized carbons (Fsp3) is 0.357. The summed E-state index contributed by atoms with van der Waals surface area (Å²) in [5.41, 5.74) is 0.479. The Hall–Kier alpha value is -2.22. The number of ether oxygens (including phenoxy) is 1. The Bertz CT molecular complexity index is 739. The molecular weight excluding hydrogens is 301 g/mol. The standard InChI is InChI=1S/C14H13F3N2O3/c1-22-6-2-3-9-7(4-6)10-8(14(15,16)17)5-18-12(13(20)21)11(10)19-9/h2-4,8,12,18-19H,5H2,1H3,(H,20,21). The first-order valence-electron chi connectivity index (χ1n) is 6.55. The van der Waals surface area contributed by atoms with Gasteiger partial charge in [-0.15, -0.1) is 0 Å². The Balaban J connectivity index is 2.28. The molecular formula is C14H13F3N2O3. The second-order valence-corrected chi connectivity index (χ2v) is 5.14. The van der Waals surface area contributed by atoms with Crippen LogP contribution in [0.5, 0.6) is 5.75 Å². The van der Waals surface area contributed by atoms with Crippen LogP contribution in [0.2, 0.25) is 0 Å². The largest absolute Gasteiger partial charge is 0.497 e. The van der Waals surface area contributed by atoms with Crippen LogP contribution in [0, 0.1) is 0 Å². The van der Waals surface area contributed by atoms with Crippen LogP contribution < -0.4 is 10.1 Å². The van der Waals surface area contributed by atoms with E-state index < -0.39 is 30.7 Å². The number of nitrogens with one attached hydrogen (secondary N) is 2. The second kappa shape index (κ2) is 4.91. The van der Waals surface area contributed by atoms with Crippen molar-refractivity contribution in [2.24, 2.45) is 0 Å². The van der Waals surface area contributed by atoms with E-state index in [2.05, 4.69) is 10.3 Å². The number of hydrogen-bond donors (Lipinski definition) is 3. The molecule has 0 aliphatic carbocycles. The van der Waals surface area contributed by atoms with Crippen molar-refractivity contribution in [1.82, 2.24) is 10.3 Å². The quantitative estimate of drug-likeness (QED) is 0.796. The molecule has 1 aromatic heterocycles. The molecule has 8 heteroatoms. The van der Waals surface area contributed by atoms with Crippen LogP contribution in [0.4, 0.5) is 13.2 Å². The van der Waals surface area contributed by atoms with E-state index >= 15 is 0 Å². The number of carboxylic acid groups (broad SMARTS) is 1. The van der Waals surface area contributed by atoms with E-state index in [1.807, 2.05) is 0 Å². The molecule has 2 heterocycles. The molecule has 22 heavy (non-hydrogen) atoms. The van der Waals surface area contributed by atoms with Crippen molar-refractivity contribution >= 4 is 16.9 Å². The molecule has 3 N–H and O–H groups in total. The summed E-state index contributed by atoms with van der Waals surface area (Å²) in [4.78, 5) is 14.1. The Morgan fingerprint density at radius 3 is 2.73 bits per heavy atom. The number of aromatic nitrogens is 1. The second-order valence-electron chi connectivity index (χ2n) is 5.14. The molecule has 2 unspecified atom stereocenters. The Labute approximate surface area is 123 Å². The van der Waals surface area contributed by atoms with Crippen molar-refractivity contribution in [3.05, 3.63) is 29.5 Å². The van der Waals surface area contributed by atoms with E-state index in [4.69, 9.17) is 4.74 Å². The van der Waals surface area contributed by atoms with Gasteiger partial charge in [0.15, 0.2) is 0 Å². The van der Waals surface area contributed by atoms with E-state index in [1.54, 1.807) is 12.1 Å². The zero-order valence-electron chi connectivity index (χ0n) is 11.5. The molecule has 0 spiro atoms. The lowest BCUT2D eigenvalue weighted by molar-refractivity contribution is -0.154. The Kier molecular flexibility index (Phi) is 3.28. The minimum absolute atomic E-state index is 0.0208. The predicted octanol–water partition coefficient (Wildman–Crippen LogP) is 2.55. The third-order valence-electron chi connectivity index (χ3n) is 3.88. The fourth-order valence-electron chi connectivity index (χ4n) is 2.87. The van der Waals surface area contributed by atoms with Crippen molar-refractivity contribution in [2.75, 3.05) is 13.7 Å². The molecule has 5 nitrogen and oxygen atoms in total. The third-order valence-corrected chi connectivity index (χ3v) is 3.88. The van der Waals surface area contributed by atoms with Crippen molar-refractivity contribution < 1.29 is 27.8 Å². The van der Waals surface area contributed by atoms with Gasteiger partial charge >= 0.3 is 12.1 Å². The maximum atomic E-state index is 13.3. The molecule has 0 saturated carbocycles. The number of carbonyl (C=O) groups is 1. The van der Waals surface area contributed by atoms with Crippen LogP contribution in [-0.4, -0.2) is 35.9 Å². The van der Waals surface area contributed by atoms with Gasteiger partial charge in [-0.25, -0.2) is 0 Å². The Morgan fingerprint density at radius 2 is 2.14 bits per heavy atom. The Morgan fingerprint density at radius 1 is 1.41 bits per heavy atom. The zero-order chi connectivity index (χ0) is 16.1. The summed E-state index contributed by atoms with van der Waals surface area (Å²) in [6.45, 7) is -0.475. The van der Waals surface area contributed by atoms with Crippen LogP contribution in [0.15, 0.2) is 18.2 Å². The number of aliphatic carboxylic acids is 1. The van der Waals surface area contributed by atoms with Crippen molar-refractivity contribution in [3.8, 4) is 5.75 Å². The number of rotatable bonds is 2. The predicted molar refractivity (Wildman–Crippen MR) is 72.0 cm³/mol. The van der Waals surface area contributed by atoms with Crippen LogP contribution >= 0.6 is 0 Å². The molecule has 2 aromatic rings. The summed E-state index contributed by atoms with van der Waals surface area (Å²) in [6, 6.07) is 3.50. The number of halogens is 3. The number of carboxylic acids is 1. The van der Waals surface area contributed by atoms with E-state index in [-0.39, 0.29) is 11.3 Å². The maximum absolute atomic E-state index is 13.3. The first kappa shape index (κ1) is 14.7. The van der Waals surface area contributed by atoms with E-state index in [9.17, 15) is 23.1 Å². The van der Waals surface area contributed by atoms with Crippen molar-refractivity contribution in [1.29, 1.82) is 0 Å². The molecule has 0 saturated heterocycles. The molecule has 0 bridgehead atoms. The van der Waals surface area contributed by atoms with Gasteiger partial charge in [0.25, 0.3) is 0 Å². The monoisotopic (exact) mass is 314 g/mol. The number of benzene rings is 1. The zero-order valence-corrected chi connectivity index (χ0v) is 11.5. The molecule has 2 atom stereocenters. The average molecular weight is 314 g/mol. The van der Waals surface area contributed by atoms with E-state index in [1.165, 1.54) is 13.2 Å². The molecule has 1 aliphatic heterocycles. The number of fused-ring (bicyclic) bond motifs is 3. The summed E-state index contributed by atoms with van der Waals surface area (Å²) >= 11 is 0. The van der Waals surface area contributed by atoms with Gasteiger partial charge < -0.3 is 14.8 Å². The van der Waals surface area contributed by atoms with Gasteiger partial charge in [0.2, 0.25) is 0 Å². The van der Waals surface area contributed by atoms with Crippen LogP contribution in [-0.2, 0) is 4.79 Å². The van der Waals surface area contributed by atoms with Gasteiger partial charge in [-0.2, -0.15) is 13.2 Å². The highest BCUT2D eigenvalue weighted by Crippen LogP contribution is 2.44. The lowest BCUT2D eigenvalue weighted by Crippen LogP contribution is -2.42.